The molecule has 0 radical (unpaired) electrons. The van der Waals surface area contributed by atoms with Crippen molar-refractivity contribution in [1.29, 1.82) is 0 Å². The monoisotopic (exact) mass is 298 g/mol. The topological polar surface area (TPSA) is 59.6 Å². The number of ether oxygens (including phenoxy) is 2. The molecule has 0 aromatic carbocycles. The third kappa shape index (κ3) is 5.47. The van der Waals surface area contributed by atoms with Crippen molar-refractivity contribution in [2.45, 2.75) is 89.6 Å². The molecular weight excluding hydrogens is 268 g/mol. The molecule has 2 unspecified atom stereocenters. The largest absolute Gasteiger partial charge is 0.444 e. The van der Waals surface area contributed by atoms with Crippen LogP contribution in [0.15, 0.2) is 0 Å². The molecular formula is C16H30N2O3. The molecule has 0 aromatic heterocycles. The van der Waals surface area contributed by atoms with E-state index >= 15 is 0 Å². The van der Waals surface area contributed by atoms with Crippen molar-refractivity contribution in [3.05, 3.63) is 0 Å². The van der Waals surface area contributed by atoms with Crippen molar-refractivity contribution >= 4 is 6.09 Å². The number of carbonyl (C=O) groups excluding carboxylic acids is 1. The minimum Gasteiger partial charge on any atom is -0.444 e. The van der Waals surface area contributed by atoms with Crippen molar-refractivity contribution in [2.24, 2.45) is 0 Å². The standard InChI is InChI=1S/C16H30N2O3/c1-5-20-14-9-13(10-14)17-11-6-7-12(8-11)18-15(19)21-16(2,3)4/h11-14,17H,5-10H2,1-4H3,(H,18,19). The van der Waals surface area contributed by atoms with Crippen LogP contribution >= 0.6 is 0 Å². The quantitative estimate of drug-likeness (QED) is 0.819. The second kappa shape index (κ2) is 6.97. The maximum atomic E-state index is 11.8. The van der Waals surface area contributed by atoms with Gasteiger partial charge in [-0.1, -0.05) is 0 Å². The second-order valence-electron chi connectivity index (χ2n) is 7.27. The van der Waals surface area contributed by atoms with E-state index in [1.54, 1.807) is 0 Å². The lowest BCUT2D eigenvalue weighted by molar-refractivity contribution is -0.0122. The molecule has 5 nitrogen and oxygen atoms in total. The lowest BCUT2D eigenvalue weighted by Gasteiger charge is -2.37. The molecule has 122 valence electrons. The fourth-order valence-corrected chi connectivity index (χ4v) is 3.15. The Morgan fingerprint density at radius 1 is 1.10 bits per heavy atom. The second-order valence-corrected chi connectivity index (χ2v) is 7.27. The van der Waals surface area contributed by atoms with Crippen LogP contribution in [0.5, 0.6) is 0 Å². The third-order valence-corrected chi connectivity index (χ3v) is 4.12. The summed E-state index contributed by atoms with van der Waals surface area (Å²) in [5.41, 5.74) is -0.430. The highest BCUT2D eigenvalue weighted by atomic mass is 16.6. The highest BCUT2D eigenvalue weighted by Gasteiger charge is 2.34. The summed E-state index contributed by atoms with van der Waals surface area (Å²) >= 11 is 0. The van der Waals surface area contributed by atoms with E-state index in [2.05, 4.69) is 10.6 Å². The van der Waals surface area contributed by atoms with Gasteiger partial charge in [-0.25, -0.2) is 4.79 Å². The van der Waals surface area contributed by atoms with E-state index in [9.17, 15) is 4.79 Å². The van der Waals surface area contributed by atoms with E-state index in [1.807, 2.05) is 27.7 Å². The average Bonchev–Trinajstić information content (AvgIpc) is 2.71. The smallest absolute Gasteiger partial charge is 0.407 e. The Morgan fingerprint density at radius 2 is 1.76 bits per heavy atom. The summed E-state index contributed by atoms with van der Waals surface area (Å²) in [7, 11) is 0. The first kappa shape index (κ1) is 16.6. The van der Waals surface area contributed by atoms with Gasteiger partial charge in [-0.05, 0) is 59.8 Å². The molecule has 2 atom stereocenters. The molecule has 0 saturated heterocycles. The number of nitrogens with one attached hydrogen (secondary N) is 2. The van der Waals surface area contributed by atoms with Gasteiger partial charge in [0.1, 0.15) is 5.60 Å². The fraction of sp³-hybridized carbons (Fsp3) is 0.938. The Labute approximate surface area is 128 Å². The zero-order valence-electron chi connectivity index (χ0n) is 13.8. The van der Waals surface area contributed by atoms with Gasteiger partial charge in [0.2, 0.25) is 0 Å². The molecule has 2 N–H and O–H groups in total. The molecule has 2 fully saturated rings. The predicted octanol–water partition coefficient (Wildman–Crippen LogP) is 2.59. The highest BCUT2D eigenvalue weighted by Crippen LogP contribution is 2.27. The van der Waals surface area contributed by atoms with Gasteiger partial charge in [-0.15, -0.1) is 0 Å². The van der Waals surface area contributed by atoms with Crippen LogP contribution in [0.4, 0.5) is 4.79 Å². The first-order chi connectivity index (χ1) is 9.85. The Hall–Kier alpha value is -0.810. The first-order valence-electron chi connectivity index (χ1n) is 8.23. The SMILES string of the molecule is CCOC1CC(NC2CCC(NC(=O)OC(C)(C)C)C2)C1. The van der Waals surface area contributed by atoms with Gasteiger partial charge in [0.25, 0.3) is 0 Å². The van der Waals surface area contributed by atoms with Crippen LogP contribution in [-0.2, 0) is 9.47 Å². The maximum absolute atomic E-state index is 11.8. The Kier molecular flexibility index (Phi) is 5.49. The minimum atomic E-state index is -0.430. The number of hydrogen-bond acceptors (Lipinski definition) is 4. The van der Waals surface area contributed by atoms with Gasteiger partial charge in [0.15, 0.2) is 0 Å². The zero-order chi connectivity index (χ0) is 15.5. The van der Waals surface area contributed by atoms with E-state index in [0.717, 1.165) is 38.7 Å². The molecule has 0 aromatic rings. The van der Waals surface area contributed by atoms with Crippen molar-refractivity contribution in [3.63, 3.8) is 0 Å². The van der Waals surface area contributed by atoms with Crippen LogP contribution < -0.4 is 10.6 Å². The van der Waals surface area contributed by atoms with Gasteiger partial charge in [0, 0.05) is 24.7 Å². The van der Waals surface area contributed by atoms with E-state index in [4.69, 9.17) is 9.47 Å². The normalized spacial score (nSPS) is 32.6. The summed E-state index contributed by atoms with van der Waals surface area (Å²) in [4.78, 5) is 11.8. The number of rotatable bonds is 5. The Balaban J connectivity index is 1.62. The summed E-state index contributed by atoms with van der Waals surface area (Å²) in [6.07, 6.45) is 5.53. The lowest BCUT2D eigenvalue weighted by Crippen LogP contribution is -2.49. The molecule has 2 rings (SSSR count). The van der Waals surface area contributed by atoms with Crippen molar-refractivity contribution in [2.75, 3.05) is 6.61 Å². The first-order valence-corrected chi connectivity index (χ1v) is 8.23. The fourth-order valence-electron chi connectivity index (χ4n) is 3.15. The Bertz CT molecular complexity index is 348. The van der Waals surface area contributed by atoms with E-state index in [1.165, 1.54) is 0 Å². The van der Waals surface area contributed by atoms with Gasteiger partial charge in [-0.2, -0.15) is 0 Å². The van der Waals surface area contributed by atoms with Crippen LogP contribution in [0.25, 0.3) is 0 Å². The number of hydrogen-bond donors (Lipinski definition) is 2. The predicted molar refractivity (Wildman–Crippen MR) is 82.4 cm³/mol. The highest BCUT2D eigenvalue weighted by molar-refractivity contribution is 5.68. The van der Waals surface area contributed by atoms with Crippen molar-refractivity contribution < 1.29 is 14.3 Å². The van der Waals surface area contributed by atoms with Gasteiger partial charge in [-0.3, -0.25) is 0 Å². The van der Waals surface area contributed by atoms with Crippen molar-refractivity contribution in [3.8, 4) is 0 Å². The molecule has 0 bridgehead atoms. The van der Waals surface area contributed by atoms with Crippen LogP contribution in [0.1, 0.15) is 59.8 Å². The third-order valence-electron chi connectivity index (χ3n) is 4.12. The van der Waals surface area contributed by atoms with Crippen LogP contribution in [0.2, 0.25) is 0 Å². The Morgan fingerprint density at radius 3 is 2.38 bits per heavy atom. The molecule has 2 saturated carbocycles. The van der Waals surface area contributed by atoms with E-state index in [-0.39, 0.29) is 12.1 Å². The molecule has 0 heterocycles. The van der Waals surface area contributed by atoms with Gasteiger partial charge < -0.3 is 20.1 Å². The zero-order valence-corrected chi connectivity index (χ0v) is 13.8. The number of carbonyl (C=O) groups is 1. The molecule has 0 spiro atoms. The van der Waals surface area contributed by atoms with E-state index in [0.29, 0.717) is 18.2 Å². The van der Waals surface area contributed by atoms with Crippen LogP contribution in [-0.4, -0.2) is 42.5 Å². The van der Waals surface area contributed by atoms with Gasteiger partial charge >= 0.3 is 6.09 Å². The summed E-state index contributed by atoms with van der Waals surface area (Å²) < 4.78 is 10.9. The van der Waals surface area contributed by atoms with E-state index < -0.39 is 5.60 Å². The van der Waals surface area contributed by atoms with Crippen molar-refractivity contribution in [1.82, 2.24) is 10.6 Å². The summed E-state index contributed by atoms with van der Waals surface area (Å²) in [6.45, 7) is 8.51. The number of alkyl carbamates (subject to hydrolysis) is 1. The molecule has 2 aliphatic carbocycles. The summed E-state index contributed by atoms with van der Waals surface area (Å²) in [6, 6.07) is 1.34. The molecule has 0 aliphatic heterocycles. The molecule has 21 heavy (non-hydrogen) atoms. The van der Waals surface area contributed by atoms with Gasteiger partial charge in [0.05, 0.1) is 6.10 Å². The number of amides is 1. The van der Waals surface area contributed by atoms with Crippen LogP contribution in [0.3, 0.4) is 0 Å². The summed E-state index contributed by atoms with van der Waals surface area (Å²) in [5.74, 6) is 0. The maximum Gasteiger partial charge on any atom is 0.407 e. The molecule has 1 amide bonds. The lowest BCUT2D eigenvalue weighted by atomic mass is 9.88. The average molecular weight is 298 g/mol. The molecule has 5 heteroatoms. The van der Waals surface area contributed by atoms with Crippen LogP contribution in [0, 0.1) is 0 Å². The molecule has 2 aliphatic rings. The summed E-state index contributed by atoms with van der Waals surface area (Å²) in [5, 5.41) is 6.66. The minimum absolute atomic E-state index is 0.236.